The number of nitro groups is 2. The Morgan fingerprint density at radius 1 is 1.30 bits per heavy atom. The SMILES string of the molecule is CC(c1cccc([N+](=O)[O-])c1)n1ncc([N+](=O)[O-])c1N. The van der Waals surface area contributed by atoms with Crippen molar-refractivity contribution in [3.05, 3.63) is 56.3 Å². The maximum Gasteiger partial charge on any atom is 0.330 e. The zero-order valence-electron chi connectivity index (χ0n) is 10.5. The Bertz CT molecular complexity index is 681. The standard InChI is InChI=1S/C11H11N5O4/c1-7(8-3-2-4-9(5-8)15(17)18)14-11(12)10(6-13-14)16(19)20/h2-7H,12H2,1H3. The van der Waals surface area contributed by atoms with Crippen molar-refractivity contribution in [2.45, 2.75) is 13.0 Å². The number of hydrogen-bond acceptors (Lipinski definition) is 6. The number of aromatic nitrogens is 2. The molecule has 9 nitrogen and oxygen atoms in total. The van der Waals surface area contributed by atoms with Gasteiger partial charge in [-0.1, -0.05) is 12.1 Å². The van der Waals surface area contributed by atoms with Crippen LogP contribution in [0.2, 0.25) is 0 Å². The van der Waals surface area contributed by atoms with Crippen LogP contribution in [0.5, 0.6) is 0 Å². The number of nitrogens with zero attached hydrogens (tertiary/aromatic N) is 4. The van der Waals surface area contributed by atoms with E-state index in [1.165, 1.54) is 22.9 Å². The maximum atomic E-state index is 10.7. The number of benzene rings is 1. The van der Waals surface area contributed by atoms with Gasteiger partial charge in [-0.05, 0) is 12.5 Å². The molecule has 0 aliphatic rings. The van der Waals surface area contributed by atoms with E-state index in [0.29, 0.717) is 5.56 Å². The molecule has 2 rings (SSSR count). The highest BCUT2D eigenvalue weighted by Gasteiger charge is 2.22. The summed E-state index contributed by atoms with van der Waals surface area (Å²) in [4.78, 5) is 20.3. The van der Waals surface area contributed by atoms with Gasteiger partial charge in [-0.25, -0.2) is 4.68 Å². The molecule has 0 saturated carbocycles. The van der Waals surface area contributed by atoms with Crippen LogP contribution in [0.1, 0.15) is 18.5 Å². The highest BCUT2D eigenvalue weighted by molar-refractivity contribution is 5.52. The molecule has 0 saturated heterocycles. The fourth-order valence-electron chi connectivity index (χ4n) is 1.85. The number of rotatable bonds is 4. The number of hydrogen-bond donors (Lipinski definition) is 1. The van der Waals surface area contributed by atoms with Crippen LogP contribution in [0.15, 0.2) is 30.5 Å². The molecule has 1 heterocycles. The van der Waals surface area contributed by atoms with Crippen molar-refractivity contribution in [1.82, 2.24) is 9.78 Å². The fraction of sp³-hybridized carbons (Fsp3) is 0.182. The van der Waals surface area contributed by atoms with Crippen molar-refractivity contribution in [2.75, 3.05) is 5.73 Å². The summed E-state index contributed by atoms with van der Waals surface area (Å²) >= 11 is 0. The van der Waals surface area contributed by atoms with E-state index in [2.05, 4.69) is 5.10 Å². The molecule has 0 spiro atoms. The molecule has 2 aromatic rings. The third-order valence-corrected chi connectivity index (χ3v) is 2.94. The Hall–Kier alpha value is -2.97. The Morgan fingerprint density at radius 2 is 2.00 bits per heavy atom. The van der Waals surface area contributed by atoms with E-state index in [9.17, 15) is 20.2 Å². The van der Waals surface area contributed by atoms with Gasteiger partial charge in [0, 0.05) is 12.1 Å². The smallest absolute Gasteiger partial charge is 0.330 e. The Morgan fingerprint density at radius 3 is 2.55 bits per heavy atom. The van der Waals surface area contributed by atoms with Crippen LogP contribution in [-0.2, 0) is 0 Å². The number of anilines is 1. The normalized spacial score (nSPS) is 12.1. The van der Waals surface area contributed by atoms with Gasteiger partial charge in [-0.3, -0.25) is 20.2 Å². The lowest BCUT2D eigenvalue weighted by Gasteiger charge is -2.13. The summed E-state index contributed by atoms with van der Waals surface area (Å²) in [7, 11) is 0. The minimum Gasteiger partial charge on any atom is -0.378 e. The van der Waals surface area contributed by atoms with Gasteiger partial charge in [0.1, 0.15) is 6.20 Å². The Kier molecular flexibility index (Phi) is 3.34. The molecule has 20 heavy (non-hydrogen) atoms. The van der Waals surface area contributed by atoms with Gasteiger partial charge in [0.25, 0.3) is 5.69 Å². The first-order valence-corrected chi connectivity index (χ1v) is 5.63. The molecule has 0 fully saturated rings. The molecule has 0 amide bonds. The number of nitro benzene ring substituents is 1. The van der Waals surface area contributed by atoms with E-state index in [0.717, 1.165) is 6.20 Å². The third-order valence-electron chi connectivity index (χ3n) is 2.94. The third kappa shape index (κ3) is 2.28. The molecular weight excluding hydrogens is 266 g/mol. The zero-order chi connectivity index (χ0) is 14.9. The minimum atomic E-state index is -0.626. The van der Waals surface area contributed by atoms with Gasteiger partial charge in [0.15, 0.2) is 0 Å². The maximum absolute atomic E-state index is 10.7. The van der Waals surface area contributed by atoms with E-state index < -0.39 is 15.9 Å². The van der Waals surface area contributed by atoms with Crippen LogP contribution < -0.4 is 5.73 Å². The number of non-ortho nitro benzene ring substituents is 1. The molecule has 0 aliphatic carbocycles. The van der Waals surface area contributed by atoms with Gasteiger partial charge < -0.3 is 5.73 Å². The molecular formula is C11H11N5O4. The van der Waals surface area contributed by atoms with E-state index in [4.69, 9.17) is 5.73 Å². The van der Waals surface area contributed by atoms with Crippen molar-refractivity contribution in [3.8, 4) is 0 Å². The molecule has 1 atom stereocenters. The van der Waals surface area contributed by atoms with E-state index in [1.54, 1.807) is 13.0 Å². The quantitative estimate of drug-likeness (QED) is 0.670. The van der Waals surface area contributed by atoms with Crippen LogP contribution in [0.25, 0.3) is 0 Å². The molecule has 2 N–H and O–H groups in total. The first-order valence-electron chi connectivity index (χ1n) is 5.63. The average Bonchev–Trinajstić information content (AvgIpc) is 2.80. The second-order valence-corrected chi connectivity index (χ2v) is 4.14. The predicted molar refractivity (Wildman–Crippen MR) is 70.2 cm³/mol. The van der Waals surface area contributed by atoms with Crippen molar-refractivity contribution < 1.29 is 9.85 Å². The van der Waals surface area contributed by atoms with Crippen molar-refractivity contribution in [3.63, 3.8) is 0 Å². The molecule has 0 radical (unpaired) electrons. The van der Waals surface area contributed by atoms with E-state index in [1.807, 2.05) is 0 Å². The average molecular weight is 277 g/mol. The number of nitrogen functional groups attached to an aromatic ring is 1. The fourth-order valence-corrected chi connectivity index (χ4v) is 1.85. The summed E-state index contributed by atoms with van der Waals surface area (Å²) in [6.07, 6.45) is 1.06. The summed E-state index contributed by atoms with van der Waals surface area (Å²) in [6, 6.07) is 5.51. The Balaban J connectivity index is 2.41. The van der Waals surface area contributed by atoms with Crippen LogP contribution in [0.3, 0.4) is 0 Å². The van der Waals surface area contributed by atoms with Crippen LogP contribution in [0, 0.1) is 20.2 Å². The lowest BCUT2D eigenvalue weighted by atomic mass is 10.1. The Labute approximate surface area is 112 Å². The summed E-state index contributed by atoms with van der Waals surface area (Å²) in [6.45, 7) is 1.70. The first kappa shape index (κ1) is 13.5. The van der Waals surface area contributed by atoms with Crippen molar-refractivity contribution in [1.29, 1.82) is 0 Å². The van der Waals surface area contributed by atoms with Gasteiger partial charge in [-0.2, -0.15) is 5.10 Å². The summed E-state index contributed by atoms with van der Waals surface area (Å²) in [5.74, 6) is -0.0889. The molecule has 104 valence electrons. The van der Waals surface area contributed by atoms with Crippen LogP contribution >= 0.6 is 0 Å². The molecule has 1 aromatic carbocycles. The van der Waals surface area contributed by atoms with E-state index >= 15 is 0 Å². The molecule has 1 unspecified atom stereocenters. The predicted octanol–water partition coefficient (Wildman–Crippen LogP) is 1.89. The second kappa shape index (κ2) is 4.96. The monoisotopic (exact) mass is 277 g/mol. The lowest BCUT2D eigenvalue weighted by molar-refractivity contribution is -0.384. The first-order chi connectivity index (χ1) is 9.41. The lowest BCUT2D eigenvalue weighted by Crippen LogP contribution is -2.12. The van der Waals surface area contributed by atoms with E-state index in [-0.39, 0.29) is 17.2 Å². The summed E-state index contributed by atoms with van der Waals surface area (Å²) in [5.41, 5.74) is 5.90. The largest absolute Gasteiger partial charge is 0.378 e. The molecule has 0 bridgehead atoms. The minimum absolute atomic E-state index is 0.0606. The highest BCUT2D eigenvalue weighted by atomic mass is 16.6. The summed E-state index contributed by atoms with van der Waals surface area (Å²) < 4.78 is 1.26. The zero-order valence-corrected chi connectivity index (χ0v) is 10.5. The van der Waals surface area contributed by atoms with Crippen molar-refractivity contribution >= 4 is 17.2 Å². The second-order valence-electron chi connectivity index (χ2n) is 4.14. The van der Waals surface area contributed by atoms with Gasteiger partial charge in [0.05, 0.1) is 15.9 Å². The van der Waals surface area contributed by atoms with Crippen LogP contribution in [-0.4, -0.2) is 19.6 Å². The summed E-state index contributed by atoms with van der Waals surface area (Å²) in [5, 5.41) is 25.3. The van der Waals surface area contributed by atoms with Gasteiger partial charge in [0.2, 0.25) is 5.82 Å². The van der Waals surface area contributed by atoms with Crippen LogP contribution in [0.4, 0.5) is 17.2 Å². The molecule has 9 heteroatoms. The van der Waals surface area contributed by atoms with Gasteiger partial charge >= 0.3 is 5.69 Å². The molecule has 1 aromatic heterocycles. The van der Waals surface area contributed by atoms with Crippen molar-refractivity contribution in [2.24, 2.45) is 0 Å². The number of nitrogens with two attached hydrogens (primary N) is 1. The molecule has 0 aliphatic heterocycles. The highest BCUT2D eigenvalue weighted by Crippen LogP contribution is 2.28. The van der Waals surface area contributed by atoms with Gasteiger partial charge in [-0.15, -0.1) is 0 Å². The topological polar surface area (TPSA) is 130 Å².